The zero-order valence-corrected chi connectivity index (χ0v) is 22.4. The Balaban J connectivity index is 1.54. The zero-order valence-electron chi connectivity index (χ0n) is 22.4. The van der Waals surface area contributed by atoms with Gasteiger partial charge in [0.2, 0.25) is 0 Å². The third-order valence-electron chi connectivity index (χ3n) is 12.7. The highest BCUT2D eigenvalue weighted by Crippen LogP contribution is 2.70. The van der Waals surface area contributed by atoms with Gasteiger partial charge < -0.3 is 15.3 Å². The smallest absolute Gasteiger partial charge is 0.159 e. The summed E-state index contributed by atoms with van der Waals surface area (Å²) < 4.78 is 0. The molecule has 0 saturated heterocycles. The van der Waals surface area contributed by atoms with Gasteiger partial charge >= 0.3 is 0 Å². The second kappa shape index (κ2) is 7.65. The molecule has 5 aliphatic rings. The van der Waals surface area contributed by atoms with Crippen LogP contribution in [0.3, 0.4) is 0 Å². The van der Waals surface area contributed by atoms with Gasteiger partial charge in [-0.15, -0.1) is 0 Å². The quantitative estimate of drug-likeness (QED) is 0.484. The number of carbonyl (C=O) groups is 1. The molecule has 0 aromatic heterocycles. The van der Waals surface area contributed by atoms with Crippen molar-refractivity contribution in [1.82, 2.24) is 0 Å². The topological polar surface area (TPSA) is 77.8 Å². The normalized spacial score (nSPS) is 54.6. The fourth-order valence-electron chi connectivity index (χ4n) is 10.9. The first kappa shape index (κ1) is 25.0. The number of hydrogen-bond donors (Lipinski definition) is 3. The molecule has 0 radical (unpaired) electrons. The van der Waals surface area contributed by atoms with Gasteiger partial charge in [0, 0.05) is 16.7 Å². The molecule has 0 heterocycles. The molecule has 4 heteroatoms. The molecule has 192 valence electrons. The van der Waals surface area contributed by atoms with Crippen LogP contribution in [-0.2, 0) is 4.79 Å². The third kappa shape index (κ3) is 3.10. The highest BCUT2D eigenvalue weighted by atomic mass is 16.3. The summed E-state index contributed by atoms with van der Waals surface area (Å²) in [6, 6.07) is 0. The molecule has 0 aromatic carbocycles. The van der Waals surface area contributed by atoms with Gasteiger partial charge in [-0.05, 0) is 97.9 Å². The number of ketones is 1. The largest absolute Gasteiger partial charge is 0.396 e. The summed E-state index contributed by atoms with van der Waals surface area (Å²) in [6.45, 7) is 13.6. The molecular formula is C30H48O4. The minimum atomic E-state index is -0.427. The molecule has 0 aliphatic heterocycles. The van der Waals surface area contributed by atoms with E-state index in [0.29, 0.717) is 17.8 Å². The molecule has 5 rings (SSSR count). The van der Waals surface area contributed by atoms with Crippen LogP contribution in [0.15, 0.2) is 11.6 Å². The van der Waals surface area contributed by atoms with E-state index in [4.69, 9.17) is 0 Å². The standard InChI is InChI=1S/C30H48O4/c1-26(2)23(33)10-13-28(4)19-7-8-21-27(3,16-18(19)15-20(32)25(26)28)12-9-22-29(21,5)14-11-24(34)30(22,6)17-31/h15,19,21-25,31,33-34H,7-14,16-17H2,1-6H3/t19-,21-,22+,23+,24+,25+,27-,28+,29+,30+/m0/s1. The molecule has 4 nitrogen and oxygen atoms in total. The molecule has 0 aromatic rings. The number of carbonyl (C=O) groups excluding carboxylic acids is 1. The van der Waals surface area contributed by atoms with Crippen LogP contribution in [0.5, 0.6) is 0 Å². The second-order valence-corrected chi connectivity index (χ2v) is 14.8. The van der Waals surface area contributed by atoms with Gasteiger partial charge in [0.15, 0.2) is 5.78 Å². The van der Waals surface area contributed by atoms with Crippen molar-refractivity contribution in [2.75, 3.05) is 6.61 Å². The van der Waals surface area contributed by atoms with Crippen molar-refractivity contribution < 1.29 is 20.1 Å². The van der Waals surface area contributed by atoms with E-state index in [1.54, 1.807) is 0 Å². The van der Waals surface area contributed by atoms with Crippen molar-refractivity contribution in [2.24, 2.45) is 50.7 Å². The van der Waals surface area contributed by atoms with Crippen LogP contribution in [-0.4, -0.2) is 39.9 Å². The molecule has 0 bridgehead atoms. The third-order valence-corrected chi connectivity index (χ3v) is 12.7. The first-order valence-corrected chi connectivity index (χ1v) is 14.0. The fourth-order valence-corrected chi connectivity index (χ4v) is 10.9. The van der Waals surface area contributed by atoms with E-state index >= 15 is 0 Å². The van der Waals surface area contributed by atoms with Crippen LogP contribution in [0.2, 0.25) is 0 Å². The molecule has 10 atom stereocenters. The Morgan fingerprint density at radius 3 is 2.15 bits per heavy atom. The van der Waals surface area contributed by atoms with Gasteiger partial charge in [-0.2, -0.15) is 0 Å². The maximum atomic E-state index is 13.6. The minimum absolute atomic E-state index is 0.0529. The van der Waals surface area contributed by atoms with Crippen LogP contribution in [0.4, 0.5) is 0 Å². The number of fused-ring (bicyclic) bond motifs is 6. The van der Waals surface area contributed by atoms with Crippen molar-refractivity contribution in [3.63, 3.8) is 0 Å². The van der Waals surface area contributed by atoms with Crippen LogP contribution in [0.1, 0.15) is 99.3 Å². The van der Waals surface area contributed by atoms with Gasteiger partial charge in [0.05, 0.1) is 18.8 Å². The molecule has 4 saturated carbocycles. The number of aliphatic hydroxyl groups excluding tert-OH is 3. The summed E-state index contributed by atoms with van der Waals surface area (Å²) in [6.07, 6.45) is 10.1. The SMILES string of the molecule is CC1(C)[C@H](O)CC[C@@]2(C)[C@@H]1C(=O)C=C1C[C@]3(C)CC[C@@H]4[C@](C)(CC[C@@H](O)[C@]4(C)CO)[C@H]3CC[C@@H]12. The molecule has 5 aliphatic carbocycles. The van der Waals surface area contributed by atoms with Crippen LogP contribution >= 0.6 is 0 Å². The predicted molar refractivity (Wildman–Crippen MR) is 134 cm³/mol. The Morgan fingerprint density at radius 1 is 0.824 bits per heavy atom. The van der Waals surface area contributed by atoms with Crippen molar-refractivity contribution in [3.05, 3.63) is 11.6 Å². The van der Waals surface area contributed by atoms with E-state index in [0.717, 1.165) is 57.8 Å². The Hall–Kier alpha value is -0.710. The number of hydrogen-bond acceptors (Lipinski definition) is 4. The average molecular weight is 473 g/mol. The van der Waals surface area contributed by atoms with Crippen LogP contribution in [0, 0.1) is 50.7 Å². The van der Waals surface area contributed by atoms with E-state index in [-0.39, 0.29) is 34.6 Å². The summed E-state index contributed by atoms with van der Waals surface area (Å²) in [4.78, 5) is 13.6. The lowest BCUT2D eigenvalue weighted by Gasteiger charge is -2.64. The van der Waals surface area contributed by atoms with Crippen molar-refractivity contribution >= 4 is 5.78 Å². The highest BCUT2D eigenvalue weighted by molar-refractivity contribution is 5.95. The maximum Gasteiger partial charge on any atom is 0.159 e. The average Bonchev–Trinajstić information content (AvgIpc) is 2.90. The number of rotatable bonds is 1. The predicted octanol–water partition coefficient (Wildman–Crippen LogP) is 5.29. The van der Waals surface area contributed by atoms with Gasteiger partial charge in [-0.25, -0.2) is 0 Å². The molecule has 0 amide bonds. The lowest BCUT2D eigenvalue weighted by atomic mass is 9.42. The van der Waals surface area contributed by atoms with Crippen molar-refractivity contribution in [2.45, 2.75) is 112 Å². The second-order valence-electron chi connectivity index (χ2n) is 14.8. The summed E-state index contributed by atoms with van der Waals surface area (Å²) >= 11 is 0. The Labute approximate surface area is 206 Å². The van der Waals surface area contributed by atoms with Crippen molar-refractivity contribution in [1.29, 1.82) is 0 Å². The van der Waals surface area contributed by atoms with Gasteiger partial charge in [-0.1, -0.05) is 47.1 Å². The summed E-state index contributed by atoms with van der Waals surface area (Å²) in [5, 5.41) is 32.1. The molecule has 0 spiro atoms. The van der Waals surface area contributed by atoms with E-state index in [1.807, 2.05) is 6.08 Å². The monoisotopic (exact) mass is 472 g/mol. The van der Waals surface area contributed by atoms with Crippen LogP contribution < -0.4 is 0 Å². The van der Waals surface area contributed by atoms with Crippen molar-refractivity contribution in [3.8, 4) is 0 Å². The summed E-state index contributed by atoms with van der Waals surface area (Å²) in [5.41, 5.74) is 0.722. The first-order valence-electron chi connectivity index (χ1n) is 14.0. The highest BCUT2D eigenvalue weighted by Gasteiger charge is 2.64. The van der Waals surface area contributed by atoms with E-state index in [1.165, 1.54) is 5.57 Å². The summed E-state index contributed by atoms with van der Waals surface area (Å²) in [5.74, 6) is 1.40. The van der Waals surface area contributed by atoms with E-state index < -0.39 is 23.0 Å². The number of aliphatic hydroxyl groups is 3. The molecule has 3 N–H and O–H groups in total. The van der Waals surface area contributed by atoms with Gasteiger partial charge in [0.1, 0.15) is 0 Å². The first-order chi connectivity index (χ1) is 15.7. The molecule has 34 heavy (non-hydrogen) atoms. The minimum Gasteiger partial charge on any atom is -0.396 e. The lowest BCUT2D eigenvalue weighted by molar-refractivity contribution is -0.189. The number of allylic oxidation sites excluding steroid dienone is 2. The lowest BCUT2D eigenvalue weighted by Crippen LogP contribution is -2.60. The zero-order chi connectivity index (χ0) is 24.9. The van der Waals surface area contributed by atoms with Crippen LogP contribution in [0.25, 0.3) is 0 Å². The maximum absolute atomic E-state index is 13.6. The Bertz CT molecular complexity index is 892. The Kier molecular flexibility index (Phi) is 5.62. The molecular weight excluding hydrogens is 424 g/mol. The molecule has 0 unspecified atom stereocenters. The fraction of sp³-hybridized carbons (Fsp3) is 0.900. The van der Waals surface area contributed by atoms with Gasteiger partial charge in [-0.3, -0.25) is 4.79 Å². The molecule has 4 fully saturated rings. The van der Waals surface area contributed by atoms with E-state index in [2.05, 4.69) is 41.5 Å². The van der Waals surface area contributed by atoms with E-state index in [9.17, 15) is 20.1 Å². The van der Waals surface area contributed by atoms with Gasteiger partial charge in [0.25, 0.3) is 0 Å². The Morgan fingerprint density at radius 2 is 1.47 bits per heavy atom. The summed E-state index contributed by atoms with van der Waals surface area (Å²) in [7, 11) is 0.